The van der Waals surface area contributed by atoms with Crippen LogP contribution in [-0.2, 0) is 13.0 Å². The number of nitrogens with one attached hydrogen (secondary N) is 1. The molecule has 4 heterocycles. The third-order valence-electron chi connectivity index (χ3n) is 4.54. The number of nitrogens with zero attached hydrogens (tertiary/aromatic N) is 3. The van der Waals surface area contributed by atoms with Gasteiger partial charge in [-0.25, -0.2) is 4.98 Å². The highest BCUT2D eigenvalue weighted by Gasteiger charge is 2.31. The van der Waals surface area contributed by atoms with E-state index < -0.39 is 5.60 Å². The van der Waals surface area contributed by atoms with E-state index in [1.807, 2.05) is 18.3 Å². The molecule has 3 aromatic heterocycles. The first-order valence-corrected chi connectivity index (χ1v) is 9.82. The van der Waals surface area contributed by atoms with Crippen LogP contribution in [0.15, 0.2) is 43.0 Å². The molecule has 0 spiro atoms. The van der Waals surface area contributed by atoms with Crippen LogP contribution < -0.4 is 0 Å². The van der Waals surface area contributed by atoms with Gasteiger partial charge in [0, 0.05) is 42.5 Å². The Morgan fingerprint density at radius 3 is 3.04 bits per heavy atom. The van der Waals surface area contributed by atoms with Crippen molar-refractivity contribution in [2.75, 3.05) is 6.54 Å². The summed E-state index contributed by atoms with van der Waals surface area (Å²) >= 11 is 1.68. The molecule has 5 nitrogen and oxygen atoms in total. The second kappa shape index (κ2) is 7.28. The average Bonchev–Trinajstić information content (AvgIpc) is 3.29. The van der Waals surface area contributed by atoms with Gasteiger partial charge in [-0.2, -0.15) is 0 Å². The van der Waals surface area contributed by atoms with Gasteiger partial charge in [0.25, 0.3) is 0 Å². The SMILES string of the molecule is CC(C)(O)C#Cc1ccc(CN2CCc3[nH]cnc3[C@H]2c2cccnc2)s1. The molecule has 6 heteroatoms. The summed E-state index contributed by atoms with van der Waals surface area (Å²) in [6.07, 6.45) is 6.47. The molecule has 0 aromatic carbocycles. The van der Waals surface area contributed by atoms with Gasteiger partial charge in [0.05, 0.1) is 22.9 Å². The molecule has 0 bridgehead atoms. The van der Waals surface area contributed by atoms with Crippen molar-refractivity contribution in [3.05, 3.63) is 69.7 Å². The molecule has 27 heavy (non-hydrogen) atoms. The van der Waals surface area contributed by atoms with Gasteiger partial charge in [-0.3, -0.25) is 9.88 Å². The number of H-pyrrole nitrogens is 1. The molecule has 1 aliphatic heterocycles. The zero-order valence-corrected chi connectivity index (χ0v) is 16.3. The van der Waals surface area contributed by atoms with Crippen LogP contribution in [0.1, 0.15) is 46.6 Å². The Morgan fingerprint density at radius 2 is 2.26 bits per heavy atom. The van der Waals surface area contributed by atoms with Crippen LogP contribution in [0, 0.1) is 11.8 Å². The molecule has 1 atom stereocenters. The quantitative estimate of drug-likeness (QED) is 0.687. The van der Waals surface area contributed by atoms with Gasteiger partial charge in [-0.15, -0.1) is 11.3 Å². The van der Waals surface area contributed by atoms with Crippen molar-refractivity contribution in [2.45, 2.75) is 38.5 Å². The Morgan fingerprint density at radius 1 is 1.37 bits per heavy atom. The molecule has 1 aliphatic rings. The Hall–Kier alpha value is -2.46. The van der Waals surface area contributed by atoms with Gasteiger partial charge in [-0.1, -0.05) is 17.9 Å². The van der Waals surface area contributed by atoms with Crippen LogP contribution in [0.3, 0.4) is 0 Å². The number of fused-ring (bicyclic) bond motifs is 1. The summed E-state index contributed by atoms with van der Waals surface area (Å²) in [5, 5.41) is 9.79. The molecule has 138 valence electrons. The van der Waals surface area contributed by atoms with E-state index in [1.165, 1.54) is 10.6 Å². The average molecular weight is 379 g/mol. The number of aromatic amines is 1. The predicted molar refractivity (Wildman–Crippen MR) is 106 cm³/mol. The van der Waals surface area contributed by atoms with E-state index in [9.17, 15) is 5.11 Å². The molecular formula is C21H22N4OS. The maximum Gasteiger partial charge on any atom is 0.120 e. The van der Waals surface area contributed by atoms with Gasteiger partial charge in [0.15, 0.2) is 0 Å². The highest BCUT2D eigenvalue weighted by Crippen LogP contribution is 2.34. The monoisotopic (exact) mass is 378 g/mol. The van der Waals surface area contributed by atoms with Crippen LogP contribution in [0.4, 0.5) is 0 Å². The third-order valence-corrected chi connectivity index (χ3v) is 5.52. The number of pyridine rings is 1. The number of hydrogen-bond acceptors (Lipinski definition) is 5. The topological polar surface area (TPSA) is 65.0 Å². The molecule has 0 unspecified atom stereocenters. The number of thiophene rings is 1. The number of aromatic nitrogens is 3. The number of rotatable bonds is 3. The van der Waals surface area contributed by atoms with Crippen molar-refractivity contribution >= 4 is 11.3 Å². The van der Waals surface area contributed by atoms with E-state index >= 15 is 0 Å². The summed E-state index contributed by atoms with van der Waals surface area (Å²) in [6.45, 7) is 5.18. The van der Waals surface area contributed by atoms with Crippen LogP contribution in [0.2, 0.25) is 0 Å². The summed E-state index contributed by atoms with van der Waals surface area (Å²) in [4.78, 5) is 16.9. The number of aliphatic hydroxyl groups is 1. The van der Waals surface area contributed by atoms with Crippen molar-refractivity contribution in [1.82, 2.24) is 19.9 Å². The number of hydrogen-bond donors (Lipinski definition) is 2. The molecule has 0 fully saturated rings. The van der Waals surface area contributed by atoms with E-state index in [4.69, 9.17) is 0 Å². The minimum Gasteiger partial charge on any atom is -0.378 e. The van der Waals surface area contributed by atoms with Crippen LogP contribution in [0.5, 0.6) is 0 Å². The summed E-state index contributed by atoms with van der Waals surface area (Å²) in [7, 11) is 0. The minimum atomic E-state index is -0.973. The van der Waals surface area contributed by atoms with E-state index in [0.29, 0.717) is 0 Å². The van der Waals surface area contributed by atoms with Crippen molar-refractivity contribution in [3.63, 3.8) is 0 Å². The lowest BCUT2D eigenvalue weighted by atomic mass is 9.97. The molecule has 0 saturated carbocycles. The Balaban J connectivity index is 1.59. The van der Waals surface area contributed by atoms with Gasteiger partial charge in [0.2, 0.25) is 0 Å². The zero-order chi connectivity index (χ0) is 18.9. The Labute approximate surface area is 163 Å². The fourth-order valence-electron chi connectivity index (χ4n) is 3.35. The van der Waals surface area contributed by atoms with E-state index in [0.717, 1.165) is 35.6 Å². The highest BCUT2D eigenvalue weighted by molar-refractivity contribution is 7.12. The lowest BCUT2D eigenvalue weighted by Gasteiger charge is -2.34. The first-order chi connectivity index (χ1) is 13.0. The Bertz CT molecular complexity index is 975. The van der Waals surface area contributed by atoms with Gasteiger partial charge in [0.1, 0.15) is 5.60 Å². The molecular weight excluding hydrogens is 356 g/mol. The predicted octanol–water partition coefficient (Wildman–Crippen LogP) is 3.14. The van der Waals surface area contributed by atoms with Crippen LogP contribution >= 0.6 is 11.3 Å². The molecule has 0 aliphatic carbocycles. The normalized spacial score (nSPS) is 17.2. The molecule has 4 rings (SSSR count). The smallest absolute Gasteiger partial charge is 0.120 e. The fraction of sp³-hybridized carbons (Fsp3) is 0.333. The first kappa shape index (κ1) is 17.9. The Kier molecular flexibility index (Phi) is 4.83. The maximum absolute atomic E-state index is 9.79. The molecule has 0 amide bonds. The molecule has 3 aromatic rings. The fourth-order valence-corrected chi connectivity index (χ4v) is 4.23. The summed E-state index contributed by atoms with van der Waals surface area (Å²) in [5.74, 6) is 5.95. The third kappa shape index (κ3) is 4.11. The molecule has 2 N–H and O–H groups in total. The second-order valence-electron chi connectivity index (χ2n) is 7.25. The molecule has 0 radical (unpaired) electrons. The second-order valence-corrected chi connectivity index (χ2v) is 8.42. The van der Waals surface area contributed by atoms with Crippen LogP contribution in [0.25, 0.3) is 0 Å². The van der Waals surface area contributed by atoms with Gasteiger partial charge >= 0.3 is 0 Å². The van der Waals surface area contributed by atoms with Crippen molar-refractivity contribution in [1.29, 1.82) is 0 Å². The van der Waals surface area contributed by atoms with E-state index in [-0.39, 0.29) is 6.04 Å². The summed E-state index contributed by atoms with van der Waals surface area (Å²) < 4.78 is 0. The van der Waals surface area contributed by atoms with E-state index in [1.54, 1.807) is 37.7 Å². The van der Waals surface area contributed by atoms with Crippen molar-refractivity contribution < 1.29 is 5.11 Å². The zero-order valence-electron chi connectivity index (χ0n) is 15.4. The minimum absolute atomic E-state index is 0.0988. The summed E-state index contributed by atoms with van der Waals surface area (Å²) in [5.41, 5.74) is 2.48. The number of imidazole rings is 1. The first-order valence-electron chi connectivity index (χ1n) is 9.00. The van der Waals surface area contributed by atoms with Crippen molar-refractivity contribution in [2.24, 2.45) is 0 Å². The highest BCUT2D eigenvalue weighted by atomic mass is 32.1. The maximum atomic E-state index is 9.79. The summed E-state index contributed by atoms with van der Waals surface area (Å²) in [6, 6.07) is 8.34. The lowest BCUT2D eigenvalue weighted by molar-refractivity contribution is 0.143. The van der Waals surface area contributed by atoms with Crippen LogP contribution in [-0.4, -0.2) is 37.1 Å². The molecule has 0 saturated heterocycles. The van der Waals surface area contributed by atoms with Gasteiger partial charge < -0.3 is 10.1 Å². The van der Waals surface area contributed by atoms with Crippen molar-refractivity contribution in [3.8, 4) is 11.8 Å². The largest absolute Gasteiger partial charge is 0.378 e. The standard InChI is InChI=1S/C21H22N4OS/c1-21(2,26)9-7-16-5-6-17(27-16)13-25-11-8-18-19(24-14-23-18)20(25)15-4-3-10-22-12-15/h3-6,10,12,14,20,26H,8,11,13H2,1-2H3,(H,23,24)/t20-/m1/s1. The lowest BCUT2D eigenvalue weighted by Crippen LogP contribution is -2.35. The van der Waals surface area contributed by atoms with E-state index in [2.05, 4.69) is 43.8 Å². The van der Waals surface area contributed by atoms with Gasteiger partial charge in [-0.05, 0) is 37.6 Å².